The van der Waals surface area contributed by atoms with Crippen LogP contribution < -0.4 is 4.74 Å². The Morgan fingerprint density at radius 3 is 2.92 bits per heavy atom. The van der Waals surface area contributed by atoms with Crippen LogP contribution in [0, 0.1) is 12.7 Å². The number of halogens is 2. The van der Waals surface area contributed by atoms with Gasteiger partial charge in [-0.15, -0.1) is 0 Å². The molecule has 0 heterocycles. The first-order chi connectivity index (χ1) is 6.15. The Hall–Kier alpha value is -0.830. The summed E-state index contributed by atoms with van der Waals surface area (Å²) in [4.78, 5) is 0. The zero-order valence-electron chi connectivity index (χ0n) is 7.31. The molecule has 0 amide bonds. The van der Waals surface area contributed by atoms with Gasteiger partial charge in [-0.3, -0.25) is 0 Å². The van der Waals surface area contributed by atoms with Gasteiger partial charge in [0, 0.05) is 0 Å². The van der Waals surface area contributed by atoms with Crippen molar-refractivity contribution in [2.75, 3.05) is 6.61 Å². The third-order valence-corrected chi connectivity index (χ3v) is 2.19. The fraction of sp³-hybridized carbons (Fsp3) is 0.200. The molecule has 0 saturated heterocycles. The quantitative estimate of drug-likeness (QED) is 0.741. The second-order valence-corrected chi connectivity index (χ2v) is 3.49. The Kier molecular flexibility index (Phi) is 3.48. The number of hydrogen-bond donors (Lipinski definition) is 0. The molecule has 0 radical (unpaired) electrons. The molecule has 0 saturated carbocycles. The monoisotopic (exact) mass is 244 g/mol. The molecular weight excluding hydrogens is 235 g/mol. The van der Waals surface area contributed by atoms with Crippen molar-refractivity contribution >= 4 is 15.9 Å². The van der Waals surface area contributed by atoms with Crippen LogP contribution in [0.5, 0.6) is 5.75 Å². The smallest absolute Gasteiger partial charge is 0.134 e. The molecule has 1 aromatic rings. The van der Waals surface area contributed by atoms with E-state index in [1.807, 2.05) is 0 Å². The van der Waals surface area contributed by atoms with Crippen molar-refractivity contribution in [2.24, 2.45) is 0 Å². The third kappa shape index (κ3) is 2.56. The van der Waals surface area contributed by atoms with Gasteiger partial charge in [0.25, 0.3) is 0 Å². The van der Waals surface area contributed by atoms with Gasteiger partial charge in [0.05, 0.1) is 4.47 Å². The molecule has 1 rings (SSSR count). The standard InChI is InChI=1S/C10H10BrFO/c1-3-4-13-10-5-7(2)9(12)6-8(10)11/h3,5-6H,1,4H2,2H3. The minimum absolute atomic E-state index is 0.238. The molecule has 0 aliphatic heterocycles. The molecule has 1 nitrogen and oxygen atoms in total. The summed E-state index contributed by atoms with van der Waals surface area (Å²) in [6.45, 7) is 5.65. The van der Waals surface area contributed by atoms with Gasteiger partial charge in [-0.1, -0.05) is 12.7 Å². The summed E-state index contributed by atoms with van der Waals surface area (Å²) in [7, 11) is 0. The number of aryl methyl sites for hydroxylation is 1. The molecule has 0 fully saturated rings. The summed E-state index contributed by atoms with van der Waals surface area (Å²) in [5.41, 5.74) is 0.572. The molecule has 0 aromatic heterocycles. The average Bonchev–Trinajstić information content (AvgIpc) is 2.09. The summed E-state index contributed by atoms with van der Waals surface area (Å²) in [6.07, 6.45) is 1.64. The Bertz CT molecular complexity index is 323. The van der Waals surface area contributed by atoms with E-state index >= 15 is 0 Å². The van der Waals surface area contributed by atoms with E-state index in [0.717, 1.165) is 0 Å². The van der Waals surface area contributed by atoms with Gasteiger partial charge in [-0.25, -0.2) is 4.39 Å². The first-order valence-electron chi connectivity index (χ1n) is 3.84. The first kappa shape index (κ1) is 10.3. The number of ether oxygens (including phenoxy) is 1. The molecule has 3 heteroatoms. The van der Waals surface area contributed by atoms with Gasteiger partial charge < -0.3 is 4.74 Å². The molecule has 0 aliphatic carbocycles. The van der Waals surface area contributed by atoms with Gasteiger partial charge in [0.2, 0.25) is 0 Å². The maximum Gasteiger partial charge on any atom is 0.134 e. The minimum atomic E-state index is -0.238. The van der Waals surface area contributed by atoms with Crippen LogP contribution in [-0.4, -0.2) is 6.61 Å². The van der Waals surface area contributed by atoms with E-state index < -0.39 is 0 Å². The van der Waals surface area contributed by atoms with Gasteiger partial charge in [-0.2, -0.15) is 0 Å². The van der Waals surface area contributed by atoms with E-state index in [4.69, 9.17) is 4.74 Å². The normalized spacial score (nSPS) is 9.77. The highest BCUT2D eigenvalue weighted by atomic mass is 79.9. The van der Waals surface area contributed by atoms with Gasteiger partial charge in [-0.05, 0) is 40.5 Å². The Morgan fingerprint density at radius 2 is 2.31 bits per heavy atom. The van der Waals surface area contributed by atoms with Crippen molar-refractivity contribution in [3.8, 4) is 5.75 Å². The van der Waals surface area contributed by atoms with Crippen LogP contribution in [0.25, 0.3) is 0 Å². The molecule has 0 atom stereocenters. The maximum atomic E-state index is 13.0. The number of hydrogen-bond acceptors (Lipinski definition) is 1. The highest BCUT2D eigenvalue weighted by Crippen LogP contribution is 2.27. The summed E-state index contributed by atoms with van der Waals surface area (Å²) in [5.74, 6) is 0.400. The van der Waals surface area contributed by atoms with E-state index in [0.29, 0.717) is 22.4 Å². The van der Waals surface area contributed by atoms with Gasteiger partial charge in [0.15, 0.2) is 0 Å². The van der Waals surface area contributed by atoms with Crippen LogP contribution in [0.15, 0.2) is 29.3 Å². The van der Waals surface area contributed by atoms with E-state index in [2.05, 4.69) is 22.5 Å². The Balaban J connectivity index is 2.94. The molecule has 0 unspecified atom stereocenters. The summed E-state index contributed by atoms with van der Waals surface area (Å²) >= 11 is 3.21. The van der Waals surface area contributed by atoms with Crippen molar-refractivity contribution in [2.45, 2.75) is 6.92 Å². The van der Waals surface area contributed by atoms with Crippen LogP contribution in [-0.2, 0) is 0 Å². The van der Waals surface area contributed by atoms with Crippen molar-refractivity contribution in [3.63, 3.8) is 0 Å². The van der Waals surface area contributed by atoms with E-state index in [-0.39, 0.29) is 5.82 Å². The lowest BCUT2D eigenvalue weighted by Gasteiger charge is -2.07. The first-order valence-corrected chi connectivity index (χ1v) is 4.63. The summed E-state index contributed by atoms with van der Waals surface area (Å²) in [5, 5.41) is 0. The highest BCUT2D eigenvalue weighted by molar-refractivity contribution is 9.10. The van der Waals surface area contributed by atoms with E-state index in [9.17, 15) is 4.39 Å². The van der Waals surface area contributed by atoms with Crippen LogP contribution in [0.4, 0.5) is 4.39 Å². The molecule has 0 N–H and O–H groups in total. The molecule has 0 aliphatic rings. The fourth-order valence-electron chi connectivity index (χ4n) is 0.890. The van der Waals surface area contributed by atoms with Crippen molar-refractivity contribution < 1.29 is 9.13 Å². The Morgan fingerprint density at radius 1 is 1.62 bits per heavy atom. The van der Waals surface area contributed by atoms with Crippen LogP contribution >= 0.6 is 15.9 Å². The summed E-state index contributed by atoms with van der Waals surface area (Å²) < 4.78 is 18.9. The number of rotatable bonds is 3. The van der Waals surface area contributed by atoms with Crippen molar-refractivity contribution in [1.29, 1.82) is 0 Å². The highest BCUT2D eigenvalue weighted by Gasteiger charge is 2.05. The number of benzene rings is 1. The lowest BCUT2D eigenvalue weighted by Crippen LogP contribution is -1.95. The molecule has 0 spiro atoms. The average molecular weight is 245 g/mol. The van der Waals surface area contributed by atoms with Crippen molar-refractivity contribution in [3.05, 3.63) is 40.6 Å². The van der Waals surface area contributed by atoms with E-state index in [1.165, 1.54) is 6.07 Å². The lowest BCUT2D eigenvalue weighted by molar-refractivity contribution is 0.359. The molecular formula is C10H10BrFO. The van der Waals surface area contributed by atoms with Crippen molar-refractivity contribution in [1.82, 2.24) is 0 Å². The van der Waals surface area contributed by atoms with Crippen LogP contribution in [0.1, 0.15) is 5.56 Å². The third-order valence-electron chi connectivity index (χ3n) is 1.57. The van der Waals surface area contributed by atoms with Crippen LogP contribution in [0.3, 0.4) is 0 Å². The second-order valence-electron chi connectivity index (χ2n) is 2.63. The fourth-order valence-corrected chi connectivity index (χ4v) is 1.32. The second kappa shape index (κ2) is 4.42. The zero-order valence-corrected chi connectivity index (χ0v) is 8.90. The zero-order chi connectivity index (χ0) is 9.84. The minimum Gasteiger partial charge on any atom is -0.488 e. The lowest BCUT2D eigenvalue weighted by atomic mass is 10.2. The largest absolute Gasteiger partial charge is 0.488 e. The Labute approximate surface area is 85.3 Å². The van der Waals surface area contributed by atoms with E-state index in [1.54, 1.807) is 19.1 Å². The van der Waals surface area contributed by atoms with Crippen LogP contribution in [0.2, 0.25) is 0 Å². The molecule has 13 heavy (non-hydrogen) atoms. The SMILES string of the molecule is C=CCOc1cc(C)c(F)cc1Br. The molecule has 1 aromatic carbocycles. The van der Waals surface area contributed by atoms with Gasteiger partial charge >= 0.3 is 0 Å². The molecule has 0 bridgehead atoms. The predicted molar refractivity (Wildman–Crippen MR) is 54.5 cm³/mol. The predicted octanol–water partition coefficient (Wildman–Crippen LogP) is 3.46. The molecule has 70 valence electrons. The topological polar surface area (TPSA) is 9.23 Å². The van der Waals surface area contributed by atoms with Gasteiger partial charge in [0.1, 0.15) is 18.2 Å². The summed E-state index contributed by atoms with van der Waals surface area (Å²) in [6, 6.07) is 3.05. The maximum absolute atomic E-state index is 13.0.